The third-order valence-electron chi connectivity index (χ3n) is 2.41. The smallest absolute Gasteiger partial charge is 0.321 e. The van der Waals surface area contributed by atoms with Crippen LogP contribution in [0.15, 0.2) is 0 Å². The quantitative estimate of drug-likeness (QED) is 0.723. The molecular formula is C10H18N2O2. The Bertz CT molecular complexity index is 233. The predicted molar refractivity (Wildman–Crippen MR) is 53.7 cm³/mol. The monoisotopic (exact) mass is 198 g/mol. The van der Waals surface area contributed by atoms with Gasteiger partial charge in [-0.3, -0.25) is 9.69 Å². The van der Waals surface area contributed by atoms with Crippen LogP contribution in [0, 0.1) is 17.2 Å². The van der Waals surface area contributed by atoms with Crippen molar-refractivity contribution in [2.45, 2.75) is 39.3 Å². The van der Waals surface area contributed by atoms with Gasteiger partial charge in [0.25, 0.3) is 0 Å². The SMILES string of the molecule is CC(C)C(C(=O)O)N(C)C(C)CC#N. The number of aliphatic carboxylic acids is 1. The van der Waals surface area contributed by atoms with Crippen LogP contribution in [-0.4, -0.2) is 35.1 Å². The maximum atomic E-state index is 11.0. The van der Waals surface area contributed by atoms with E-state index in [-0.39, 0.29) is 12.0 Å². The van der Waals surface area contributed by atoms with Gasteiger partial charge in [-0.15, -0.1) is 0 Å². The van der Waals surface area contributed by atoms with Crippen molar-refractivity contribution in [3.8, 4) is 6.07 Å². The maximum Gasteiger partial charge on any atom is 0.321 e. The lowest BCUT2D eigenvalue weighted by atomic mass is 10.0. The van der Waals surface area contributed by atoms with E-state index in [1.807, 2.05) is 26.8 Å². The molecule has 0 spiro atoms. The van der Waals surface area contributed by atoms with Gasteiger partial charge in [-0.1, -0.05) is 13.8 Å². The van der Waals surface area contributed by atoms with Crippen molar-refractivity contribution < 1.29 is 9.90 Å². The first kappa shape index (κ1) is 12.9. The number of hydrogen-bond donors (Lipinski definition) is 1. The lowest BCUT2D eigenvalue weighted by Crippen LogP contribution is -2.46. The number of carboxylic acids is 1. The van der Waals surface area contributed by atoms with Gasteiger partial charge in [-0.05, 0) is 19.9 Å². The van der Waals surface area contributed by atoms with E-state index in [1.54, 1.807) is 11.9 Å². The van der Waals surface area contributed by atoms with Gasteiger partial charge >= 0.3 is 5.97 Å². The van der Waals surface area contributed by atoms with E-state index in [2.05, 4.69) is 0 Å². The molecular weight excluding hydrogens is 180 g/mol. The Balaban J connectivity index is 4.52. The van der Waals surface area contributed by atoms with Crippen molar-refractivity contribution in [3.05, 3.63) is 0 Å². The highest BCUT2D eigenvalue weighted by Crippen LogP contribution is 2.13. The summed E-state index contributed by atoms with van der Waals surface area (Å²) < 4.78 is 0. The number of nitriles is 1. The molecule has 80 valence electrons. The van der Waals surface area contributed by atoms with Crippen molar-refractivity contribution in [2.75, 3.05) is 7.05 Å². The largest absolute Gasteiger partial charge is 0.480 e. The Morgan fingerprint density at radius 1 is 1.50 bits per heavy atom. The summed E-state index contributed by atoms with van der Waals surface area (Å²) in [6.45, 7) is 5.60. The summed E-state index contributed by atoms with van der Waals surface area (Å²) in [7, 11) is 1.75. The van der Waals surface area contributed by atoms with Crippen LogP contribution in [0.1, 0.15) is 27.2 Å². The maximum absolute atomic E-state index is 11.0. The Kier molecular flexibility index (Phi) is 5.18. The molecule has 0 fully saturated rings. The number of carboxylic acid groups (broad SMARTS) is 1. The minimum absolute atomic E-state index is 0.0245. The number of nitrogens with zero attached hydrogens (tertiary/aromatic N) is 2. The molecule has 4 nitrogen and oxygen atoms in total. The van der Waals surface area contributed by atoms with Crippen molar-refractivity contribution >= 4 is 5.97 Å². The highest BCUT2D eigenvalue weighted by molar-refractivity contribution is 5.73. The standard InChI is InChI=1S/C10H18N2O2/c1-7(2)9(10(13)14)12(4)8(3)5-6-11/h7-9H,5H2,1-4H3,(H,13,14). The fraction of sp³-hybridized carbons (Fsp3) is 0.800. The Hall–Kier alpha value is -1.08. The molecule has 0 heterocycles. The molecule has 2 atom stereocenters. The fourth-order valence-electron chi connectivity index (χ4n) is 1.48. The first-order valence-corrected chi connectivity index (χ1v) is 4.73. The molecule has 0 rings (SSSR count). The van der Waals surface area contributed by atoms with Crippen molar-refractivity contribution in [3.63, 3.8) is 0 Å². The molecule has 0 amide bonds. The topological polar surface area (TPSA) is 64.3 Å². The van der Waals surface area contributed by atoms with E-state index in [0.29, 0.717) is 6.42 Å². The van der Waals surface area contributed by atoms with E-state index in [4.69, 9.17) is 10.4 Å². The van der Waals surface area contributed by atoms with Crippen molar-refractivity contribution in [2.24, 2.45) is 5.92 Å². The molecule has 0 aromatic carbocycles. The molecule has 0 saturated heterocycles. The van der Waals surface area contributed by atoms with Gasteiger partial charge in [0.15, 0.2) is 0 Å². The van der Waals surface area contributed by atoms with Gasteiger partial charge in [0.2, 0.25) is 0 Å². The van der Waals surface area contributed by atoms with E-state index in [1.165, 1.54) is 0 Å². The van der Waals surface area contributed by atoms with Crippen LogP contribution < -0.4 is 0 Å². The van der Waals surface area contributed by atoms with Crippen LogP contribution >= 0.6 is 0 Å². The minimum atomic E-state index is -0.827. The second kappa shape index (κ2) is 5.61. The molecule has 0 aromatic heterocycles. The Morgan fingerprint density at radius 3 is 2.29 bits per heavy atom. The van der Waals surface area contributed by atoms with E-state index < -0.39 is 12.0 Å². The van der Waals surface area contributed by atoms with Crippen LogP contribution in [0.2, 0.25) is 0 Å². The van der Waals surface area contributed by atoms with Crippen LogP contribution in [0.4, 0.5) is 0 Å². The summed E-state index contributed by atoms with van der Waals surface area (Å²) in [5.41, 5.74) is 0. The average molecular weight is 198 g/mol. The molecule has 2 unspecified atom stereocenters. The van der Waals surface area contributed by atoms with Gasteiger partial charge in [0.05, 0.1) is 12.5 Å². The second-order valence-corrected chi connectivity index (χ2v) is 3.90. The summed E-state index contributed by atoms with van der Waals surface area (Å²) >= 11 is 0. The predicted octanol–water partition coefficient (Wildman–Crippen LogP) is 1.33. The second-order valence-electron chi connectivity index (χ2n) is 3.90. The van der Waals surface area contributed by atoms with E-state index in [0.717, 1.165) is 0 Å². The summed E-state index contributed by atoms with van der Waals surface area (Å²) in [4.78, 5) is 12.7. The number of hydrogen-bond acceptors (Lipinski definition) is 3. The molecule has 4 heteroatoms. The van der Waals surface area contributed by atoms with Gasteiger partial charge < -0.3 is 5.11 Å². The molecule has 1 N–H and O–H groups in total. The minimum Gasteiger partial charge on any atom is -0.480 e. The highest BCUT2D eigenvalue weighted by Gasteiger charge is 2.28. The van der Waals surface area contributed by atoms with Gasteiger partial charge in [-0.2, -0.15) is 5.26 Å². The van der Waals surface area contributed by atoms with Crippen molar-refractivity contribution in [1.82, 2.24) is 4.90 Å². The lowest BCUT2D eigenvalue weighted by molar-refractivity contribution is -0.145. The molecule has 0 aromatic rings. The molecule has 0 aliphatic rings. The van der Waals surface area contributed by atoms with Crippen LogP contribution in [0.3, 0.4) is 0 Å². The summed E-state index contributed by atoms with van der Waals surface area (Å²) in [5, 5.41) is 17.5. The summed E-state index contributed by atoms with van der Waals surface area (Å²) in [6.07, 6.45) is 0.354. The number of likely N-dealkylation sites (N-methyl/N-ethyl adjacent to an activating group) is 1. The first-order chi connectivity index (χ1) is 6.41. The number of carbonyl (C=O) groups is 1. The molecule has 14 heavy (non-hydrogen) atoms. The molecule has 0 aliphatic heterocycles. The van der Waals surface area contributed by atoms with Crippen LogP contribution in [-0.2, 0) is 4.79 Å². The van der Waals surface area contributed by atoms with Crippen LogP contribution in [0.5, 0.6) is 0 Å². The fourth-order valence-corrected chi connectivity index (χ4v) is 1.48. The summed E-state index contributed by atoms with van der Waals surface area (Å²) in [6, 6.07) is 1.51. The highest BCUT2D eigenvalue weighted by atomic mass is 16.4. The molecule has 0 bridgehead atoms. The van der Waals surface area contributed by atoms with Gasteiger partial charge in [0.1, 0.15) is 6.04 Å². The zero-order valence-electron chi connectivity index (χ0n) is 9.19. The Labute approximate surface area is 85.1 Å². The third-order valence-corrected chi connectivity index (χ3v) is 2.41. The van der Waals surface area contributed by atoms with Gasteiger partial charge in [-0.25, -0.2) is 0 Å². The average Bonchev–Trinajstić information content (AvgIpc) is 2.03. The first-order valence-electron chi connectivity index (χ1n) is 4.73. The summed E-state index contributed by atoms with van der Waals surface area (Å²) in [5.74, 6) is -0.786. The zero-order chi connectivity index (χ0) is 11.3. The molecule has 0 radical (unpaired) electrons. The van der Waals surface area contributed by atoms with Gasteiger partial charge in [0, 0.05) is 6.04 Å². The lowest BCUT2D eigenvalue weighted by Gasteiger charge is -2.31. The number of rotatable bonds is 5. The molecule has 0 aliphatic carbocycles. The van der Waals surface area contributed by atoms with E-state index >= 15 is 0 Å². The van der Waals surface area contributed by atoms with Crippen LogP contribution in [0.25, 0.3) is 0 Å². The molecule has 0 saturated carbocycles. The Morgan fingerprint density at radius 2 is 2.00 bits per heavy atom. The normalized spacial score (nSPS) is 15.2. The third kappa shape index (κ3) is 3.35. The zero-order valence-corrected chi connectivity index (χ0v) is 9.19. The van der Waals surface area contributed by atoms with E-state index in [9.17, 15) is 4.79 Å². The van der Waals surface area contributed by atoms with Crippen molar-refractivity contribution in [1.29, 1.82) is 5.26 Å².